The molecule has 6 heteroatoms. The first-order valence-corrected chi connectivity index (χ1v) is 15.0. The van der Waals surface area contributed by atoms with E-state index in [-0.39, 0.29) is 23.6 Å². The Balaban J connectivity index is 1.24. The van der Waals surface area contributed by atoms with E-state index in [0.717, 1.165) is 37.9 Å². The average molecular weight is 570 g/mol. The van der Waals surface area contributed by atoms with Crippen LogP contribution in [0.2, 0.25) is 0 Å². The molecule has 4 fully saturated rings. The zero-order valence-corrected chi connectivity index (χ0v) is 21.9. The third kappa shape index (κ3) is 5.29. The summed E-state index contributed by atoms with van der Waals surface area (Å²) < 4.78 is 18.2. The summed E-state index contributed by atoms with van der Waals surface area (Å²) in [4.78, 5) is 12.8. The van der Waals surface area contributed by atoms with Crippen LogP contribution in [-0.2, 0) is 23.9 Å². The van der Waals surface area contributed by atoms with Crippen LogP contribution in [0.25, 0.3) is 0 Å². The van der Waals surface area contributed by atoms with Crippen molar-refractivity contribution in [2.75, 3.05) is 6.61 Å². The van der Waals surface area contributed by atoms with Crippen LogP contribution >= 0.6 is 0 Å². The van der Waals surface area contributed by atoms with Crippen molar-refractivity contribution in [3.05, 3.63) is 35.9 Å². The molecule has 1 aromatic carbocycles. The van der Waals surface area contributed by atoms with Gasteiger partial charge < -0.3 is 0 Å². The van der Waals surface area contributed by atoms with Gasteiger partial charge in [0, 0.05) is 0 Å². The number of carbonyl (C=O) groups excluding carboxylic acids is 1. The van der Waals surface area contributed by atoms with Crippen molar-refractivity contribution in [1.82, 2.24) is 0 Å². The third-order valence-corrected chi connectivity index (χ3v) is 11.9. The number of alkyl halides is 1. The second kappa shape index (κ2) is 10.1. The molecule has 1 aromatic rings. The van der Waals surface area contributed by atoms with Gasteiger partial charge in [0.05, 0.1) is 0 Å². The van der Waals surface area contributed by atoms with Crippen LogP contribution in [0, 0.1) is 22.7 Å². The molecule has 5 nitrogen and oxygen atoms in total. The third-order valence-electron chi connectivity index (χ3n) is 8.80. The number of hydrogen-bond donors (Lipinski definition) is 1. The van der Waals surface area contributed by atoms with Gasteiger partial charge in [0.1, 0.15) is 0 Å². The summed E-state index contributed by atoms with van der Waals surface area (Å²) in [5.41, 5.74) is 1.59. The summed E-state index contributed by atoms with van der Waals surface area (Å²) in [6.07, 6.45) is 10.2. The Hall–Kier alpha value is -0.700. The van der Waals surface area contributed by atoms with Crippen molar-refractivity contribution < 1.29 is 44.1 Å². The van der Waals surface area contributed by atoms with Crippen molar-refractivity contribution >= 4 is 5.97 Å². The molecule has 0 radical (unpaired) electrons. The van der Waals surface area contributed by atoms with E-state index in [4.69, 9.17) is 12.5 Å². The van der Waals surface area contributed by atoms with Crippen LogP contribution in [0.15, 0.2) is 30.3 Å². The van der Waals surface area contributed by atoms with Gasteiger partial charge in [0.25, 0.3) is 0 Å². The Morgan fingerprint density at radius 1 is 1.24 bits per heavy atom. The zero-order valence-electron chi connectivity index (χ0n) is 19.7. The molecule has 1 saturated heterocycles. The molecule has 4 aliphatic rings. The van der Waals surface area contributed by atoms with Gasteiger partial charge in [-0.05, 0) is 0 Å². The topological polar surface area (TPSA) is 65.0 Å². The van der Waals surface area contributed by atoms with E-state index in [1.807, 2.05) is 30.3 Å². The van der Waals surface area contributed by atoms with E-state index in [2.05, 4.69) is 6.92 Å². The normalized spacial score (nSPS) is 36.7. The standard InChI is InChI=1S/C27H38IO5/c1-2-26(11-12-26)16-20-17-27(20)21(14-24(30)32-18-19-8-4-3-5-9-19)22(29)15-23(27)28-33-25-10-6-7-13-31-25/h3-5,8-9,20-23,25,29H,2,6-7,10-18H2,1H3/q-1/t20-,21-,22-,23?,25?,27-/m0/s1. The van der Waals surface area contributed by atoms with Gasteiger partial charge in [-0.25, -0.2) is 0 Å². The van der Waals surface area contributed by atoms with Gasteiger partial charge in [-0.1, -0.05) is 0 Å². The van der Waals surface area contributed by atoms with E-state index < -0.39 is 27.7 Å². The zero-order chi connectivity index (χ0) is 22.9. The molecule has 5 rings (SSSR count). The van der Waals surface area contributed by atoms with Crippen LogP contribution in [0.5, 0.6) is 0 Å². The molecular weight excluding hydrogens is 531 g/mol. The predicted octanol–water partition coefficient (Wildman–Crippen LogP) is 2.00. The summed E-state index contributed by atoms with van der Waals surface area (Å²) in [6, 6.07) is 9.82. The van der Waals surface area contributed by atoms with E-state index in [9.17, 15) is 9.90 Å². The Morgan fingerprint density at radius 3 is 2.76 bits per heavy atom. The molecule has 33 heavy (non-hydrogen) atoms. The molecule has 1 aliphatic heterocycles. The van der Waals surface area contributed by atoms with Crippen molar-refractivity contribution in [2.24, 2.45) is 22.7 Å². The first-order chi connectivity index (χ1) is 16.0. The molecule has 184 valence electrons. The summed E-state index contributed by atoms with van der Waals surface area (Å²) in [6.45, 7) is 3.42. The van der Waals surface area contributed by atoms with Gasteiger partial charge in [-0.2, -0.15) is 0 Å². The van der Waals surface area contributed by atoms with Crippen molar-refractivity contribution in [1.29, 1.82) is 0 Å². The molecule has 2 unspecified atom stereocenters. The molecule has 0 amide bonds. The molecule has 3 aliphatic carbocycles. The minimum atomic E-state index is -0.548. The van der Waals surface area contributed by atoms with Gasteiger partial charge in [0.2, 0.25) is 0 Å². The molecule has 0 aromatic heterocycles. The van der Waals surface area contributed by atoms with Gasteiger partial charge in [0.15, 0.2) is 0 Å². The number of hydrogen-bond acceptors (Lipinski definition) is 5. The Labute approximate surface area is 208 Å². The monoisotopic (exact) mass is 569 g/mol. The summed E-state index contributed by atoms with van der Waals surface area (Å²) in [5.74, 6) is 0.434. The van der Waals surface area contributed by atoms with Crippen molar-refractivity contribution in [3.63, 3.8) is 0 Å². The number of rotatable bonds is 10. The first kappa shape index (κ1) is 24.0. The first-order valence-electron chi connectivity index (χ1n) is 12.8. The maximum atomic E-state index is 12.8. The molecular formula is C27H38IO5-. The number of carbonyl (C=O) groups is 1. The van der Waals surface area contributed by atoms with E-state index in [1.165, 1.54) is 32.1 Å². The fourth-order valence-corrected chi connectivity index (χ4v) is 9.89. The van der Waals surface area contributed by atoms with Crippen LogP contribution in [-0.4, -0.2) is 34.0 Å². The van der Waals surface area contributed by atoms with Crippen LogP contribution in [0.3, 0.4) is 0 Å². The number of halogens is 1. The fourth-order valence-electron chi connectivity index (χ4n) is 6.38. The van der Waals surface area contributed by atoms with E-state index >= 15 is 0 Å². The van der Waals surface area contributed by atoms with Crippen LogP contribution in [0.1, 0.15) is 76.7 Å². The number of benzene rings is 1. The van der Waals surface area contributed by atoms with Crippen LogP contribution < -0.4 is 21.6 Å². The van der Waals surface area contributed by atoms with Crippen molar-refractivity contribution in [3.8, 4) is 0 Å². The molecule has 3 saturated carbocycles. The molecule has 1 spiro atoms. The minimum absolute atomic E-state index is 0.000923. The van der Waals surface area contributed by atoms with Crippen molar-refractivity contribution in [2.45, 2.75) is 94.1 Å². The fraction of sp³-hybridized carbons (Fsp3) is 0.741. The number of aliphatic hydroxyl groups is 1. The Kier molecular flexibility index (Phi) is 7.36. The second-order valence-corrected chi connectivity index (χ2v) is 13.3. The average Bonchev–Trinajstić information content (AvgIpc) is 3.75. The summed E-state index contributed by atoms with van der Waals surface area (Å²) >= 11 is -0.548. The second-order valence-electron chi connectivity index (χ2n) is 10.8. The quantitative estimate of drug-likeness (QED) is 0.266. The summed E-state index contributed by atoms with van der Waals surface area (Å²) in [5, 5.41) is 11.1. The molecule has 6 atom stereocenters. The van der Waals surface area contributed by atoms with Gasteiger partial charge in [-0.15, -0.1) is 0 Å². The molecule has 1 heterocycles. The SMILES string of the molecule is CCC1(C[C@H]2C[C@]23C([I-]OC2CCCCO2)C[C@H](O)[C@@H]3CC(=O)OCc2ccccc2)CC1. The number of aliphatic hydroxyl groups excluding tert-OH is 1. The molecule has 1 N–H and O–H groups in total. The predicted molar refractivity (Wildman–Crippen MR) is 121 cm³/mol. The maximum absolute atomic E-state index is 12.8. The van der Waals surface area contributed by atoms with Crippen LogP contribution in [0.4, 0.5) is 0 Å². The van der Waals surface area contributed by atoms with Gasteiger partial charge >= 0.3 is 209 Å². The molecule has 0 bridgehead atoms. The van der Waals surface area contributed by atoms with E-state index in [0.29, 0.717) is 28.3 Å². The number of ether oxygens (including phenoxy) is 2. The van der Waals surface area contributed by atoms with E-state index in [1.54, 1.807) is 0 Å². The Morgan fingerprint density at radius 2 is 2.06 bits per heavy atom. The Bertz CT molecular complexity index is 806. The van der Waals surface area contributed by atoms with Gasteiger partial charge in [-0.3, -0.25) is 0 Å². The summed E-state index contributed by atoms with van der Waals surface area (Å²) in [7, 11) is 0. The number of esters is 1.